The van der Waals surface area contributed by atoms with Crippen molar-refractivity contribution in [1.82, 2.24) is 14.8 Å². The Bertz CT molecular complexity index is 507. The van der Waals surface area contributed by atoms with Gasteiger partial charge in [-0.05, 0) is 7.05 Å². The number of amides is 1. The van der Waals surface area contributed by atoms with Gasteiger partial charge in [-0.2, -0.15) is 11.8 Å². The number of rotatable bonds is 2. The summed E-state index contributed by atoms with van der Waals surface area (Å²) in [5.74, 6) is 2.45. The summed E-state index contributed by atoms with van der Waals surface area (Å²) in [5.41, 5.74) is 5.99. The summed E-state index contributed by atoms with van der Waals surface area (Å²) in [6.45, 7) is 5.54. The van der Waals surface area contributed by atoms with Crippen LogP contribution < -0.4 is 10.6 Å². The maximum absolute atomic E-state index is 12.5. The van der Waals surface area contributed by atoms with Crippen LogP contribution in [0.25, 0.3) is 0 Å². The molecule has 1 aromatic heterocycles. The van der Waals surface area contributed by atoms with E-state index in [4.69, 9.17) is 5.73 Å². The van der Waals surface area contributed by atoms with E-state index in [9.17, 15) is 4.79 Å². The average molecular weight is 327 g/mol. The first-order valence-corrected chi connectivity index (χ1v) is 9.19. The van der Waals surface area contributed by atoms with Crippen molar-refractivity contribution >= 4 is 40.0 Å². The Balaban J connectivity index is 1.73. The summed E-state index contributed by atoms with van der Waals surface area (Å²) in [6.07, 6.45) is 0. The van der Waals surface area contributed by atoms with Gasteiger partial charge < -0.3 is 20.4 Å². The van der Waals surface area contributed by atoms with Crippen LogP contribution in [0.1, 0.15) is 9.67 Å². The van der Waals surface area contributed by atoms with Gasteiger partial charge >= 0.3 is 0 Å². The lowest BCUT2D eigenvalue weighted by atomic mass is 10.3. The molecule has 2 N–H and O–H groups in total. The van der Waals surface area contributed by atoms with Crippen molar-refractivity contribution in [2.45, 2.75) is 0 Å². The third-order valence-corrected chi connectivity index (χ3v) is 5.97. The second kappa shape index (κ2) is 6.41. The molecule has 2 aliphatic heterocycles. The second-order valence-corrected chi connectivity index (χ2v) is 7.61. The fourth-order valence-electron chi connectivity index (χ4n) is 2.52. The highest BCUT2D eigenvalue weighted by Gasteiger charge is 2.26. The van der Waals surface area contributed by atoms with Crippen molar-refractivity contribution in [3.63, 3.8) is 0 Å². The molecule has 0 saturated carbocycles. The number of anilines is 2. The molecule has 21 heavy (non-hydrogen) atoms. The Labute approximate surface area is 133 Å². The van der Waals surface area contributed by atoms with Crippen LogP contribution in [0, 0.1) is 0 Å². The van der Waals surface area contributed by atoms with Gasteiger partial charge in [-0.1, -0.05) is 11.3 Å². The molecule has 3 heterocycles. The first-order chi connectivity index (χ1) is 10.1. The predicted octanol–water partition coefficient (Wildman–Crippen LogP) is 0.666. The summed E-state index contributed by atoms with van der Waals surface area (Å²) in [6, 6.07) is 0. The molecule has 2 fully saturated rings. The number of piperazine rings is 1. The highest BCUT2D eigenvalue weighted by atomic mass is 32.2. The minimum absolute atomic E-state index is 0.0469. The van der Waals surface area contributed by atoms with E-state index in [2.05, 4.69) is 21.8 Å². The lowest BCUT2D eigenvalue weighted by molar-refractivity contribution is 0.0778. The average Bonchev–Trinajstić information content (AvgIpc) is 2.90. The summed E-state index contributed by atoms with van der Waals surface area (Å²) < 4.78 is 0. The van der Waals surface area contributed by atoms with Crippen molar-refractivity contribution in [3.8, 4) is 0 Å². The van der Waals surface area contributed by atoms with Crippen molar-refractivity contribution in [2.75, 3.05) is 68.5 Å². The molecule has 0 aromatic carbocycles. The molecule has 0 atom stereocenters. The Morgan fingerprint density at radius 1 is 1.14 bits per heavy atom. The third-order valence-electron chi connectivity index (χ3n) is 3.91. The number of carbonyl (C=O) groups excluding carboxylic acids is 1. The number of thioether (sulfide) groups is 1. The molecule has 2 aliphatic rings. The van der Waals surface area contributed by atoms with Gasteiger partial charge in [0.05, 0.1) is 0 Å². The zero-order valence-electron chi connectivity index (χ0n) is 12.2. The molecule has 0 unspecified atom stereocenters. The smallest absolute Gasteiger partial charge is 0.267 e. The van der Waals surface area contributed by atoms with Gasteiger partial charge in [0, 0.05) is 50.8 Å². The van der Waals surface area contributed by atoms with Gasteiger partial charge in [0.1, 0.15) is 10.7 Å². The number of likely N-dealkylation sites (N-methyl/N-ethyl adjacent to an activating group) is 1. The van der Waals surface area contributed by atoms with Crippen molar-refractivity contribution in [3.05, 3.63) is 4.88 Å². The van der Waals surface area contributed by atoms with Crippen LogP contribution in [-0.4, -0.2) is 78.5 Å². The minimum atomic E-state index is 0.0469. The Morgan fingerprint density at radius 3 is 2.48 bits per heavy atom. The third kappa shape index (κ3) is 3.27. The van der Waals surface area contributed by atoms with E-state index < -0.39 is 0 Å². The Hall–Kier alpha value is -0.990. The first kappa shape index (κ1) is 14.9. The van der Waals surface area contributed by atoms with Gasteiger partial charge in [0.2, 0.25) is 0 Å². The molecule has 0 aliphatic carbocycles. The summed E-state index contributed by atoms with van der Waals surface area (Å²) in [4.78, 5) is 24.0. The van der Waals surface area contributed by atoms with Gasteiger partial charge in [0.15, 0.2) is 5.13 Å². The highest BCUT2D eigenvalue weighted by Crippen LogP contribution is 2.30. The van der Waals surface area contributed by atoms with Crippen LogP contribution in [-0.2, 0) is 0 Å². The second-order valence-electron chi connectivity index (χ2n) is 5.41. The summed E-state index contributed by atoms with van der Waals surface area (Å²) in [7, 11) is 2.12. The molecule has 2 saturated heterocycles. The molecular weight excluding hydrogens is 306 g/mol. The van der Waals surface area contributed by atoms with Crippen LogP contribution >= 0.6 is 23.1 Å². The molecule has 116 valence electrons. The summed E-state index contributed by atoms with van der Waals surface area (Å²) >= 11 is 3.34. The van der Waals surface area contributed by atoms with Crippen LogP contribution in [0.2, 0.25) is 0 Å². The number of aromatic nitrogens is 1. The lowest BCUT2D eigenvalue weighted by Crippen LogP contribution is -2.44. The number of hydrogen-bond donors (Lipinski definition) is 1. The number of nitrogen functional groups attached to an aromatic ring is 1. The van der Waals surface area contributed by atoms with E-state index in [1.54, 1.807) is 0 Å². The minimum Gasteiger partial charge on any atom is -0.382 e. The van der Waals surface area contributed by atoms with E-state index in [-0.39, 0.29) is 5.91 Å². The zero-order chi connectivity index (χ0) is 14.8. The molecule has 6 nitrogen and oxygen atoms in total. The molecule has 0 radical (unpaired) electrons. The number of nitrogens with zero attached hydrogens (tertiary/aromatic N) is 4. The van der Waals surface area contributed by atoms with Crippen LogP contribution in [0.5, 0.6) is 0 Å². The number of nitrogens with two attached hydrogens (primary N) is 1. The van der Waals surface area contributed by atoms with E-state index >= 15 is 0 Å². The van der Waals surface area contributed by atoms with Crippen LogP contribution in [0.4, 0.5) is 10.9 Å². The molecule has 1 aromatic rings. The summed E-state index contributed by atoms with van der Waals surface area (Å²) in [5, 5.41) is 0.885. The molecule has 1 amide bonds. The molecule has 3 rings (SSSR count). The van der Waals surface area contributed by atoms with Gasteiger partial charge in [-0.3, -0.25) is 4.79 Å². The highest BCUT2D eigenvalue weighted by molar-refractivity contribution is 7.99. The lowest BCUT2D eigenvalue weighted by Gasteiger charge is -2.32. The standard InChI is InChI=1S/C13H21N5OS2/c1-16-2-4-18(5-3-16)13-15-11(14)10(21-13)12(19)17-6-8-20-9-7-17/h2-9,14H2,1H3. The quantitative estimate of drug-likeness (QED) is 0.861. The SMILES string of the molecule is CN1CCN(c2nc(N)c(C(=O)N3CCSCC3)s2)CC1. The van der Waals surface area contributed by atoms with Crippen molar-refractivity contribution in [2.24, 2.45) is 0 Å². The van der Waals surface area contributed by atoms with Crippen molar-refractivity contribution < 1.29 is 4.79 Å². The molecule has 0 spiro atoms. The van der Waals surface area contributed by atoms with Crippen LogP contribution in [0.3, 0.4) is 0 Å². The molecular formula is C13H21N5OS2. The zero-order valence-corrected chi connectivity index (χ0v) is 13.9. The normalized spacial score (nSPS) is 20.8. The maximum Gasteiger partial charge on any atom is 0.267 e. The van der Waals surface area contributed by atoms with Gasteiger partial charge in [0.25, 0.3) is 5.91 Å². The predicted molar refractivity (Wildman–Crippen MR) is 89.5 cm³/mol. The van der Waals surface area contributed by atoms with E-state index in [0.717, 1.165) is 55.9 Å². The molecule has 0 bridgehead atoms. The van der Waals surface area contributed by atoms with Crippen LogP contribution in [0.15, 0.2) is 0 Å². The fourth-order valence-corrected chi connectivity index (χ4v) is 4.42. The number of hydrogen-bond acceptors (Lipinski definition) is 7. The molecule has 8 heteroatoms. The van der Waals surface area contributed by atoms with E-state index in [0.29, 0.717) is 10.7 Å². The monoisotopic (exact) mass is 327 g/mol. The Morgan fingerprint density at radius 2 is 1.81 bits per heavy atom. The van der Waals surface area contributed by atoms with Gasteiger partial charge in [-0.25, -0.2) is 4.98 Å². The van der Waals surface area contributed by atoms with Crippen molar-refractivity contribution in [1.29, 1.82) is 0 Å². The van der Waals surface area contributed by atoms with E-state index in [1.807, 2.05) is 16.7 Å². The maximum atomic E-state index is 12.5. The number of thiazole rings is 1. The number of carbonyl (C=O) groups is 1. The largest absolute Gasteiger partial charge is 0.382 e. The topological polar surface area (TPSA) is 65.7 Å². The Kier molecular flexibility index (Phi) is 4.56. The van der Waals surface area contributed by atoms with Gasteiger partial charge in [-0.15, -0.1) is 0 Å². The fraction of sp³-hybridized carbons (Fsp3) is 0.692. The first-order valence-electron chi connectivity index (χ1n) is 7.22. The van der Waals surface area contributed by atoms with E-state index in [1.165, 1.54) is 11.3 Å².